The topological polar surface area (TPSA) is 38.7 Å². The maximum absolute atomic E-state index is 5.03. The number of hydrogen-bond donors (Lipinski definition) is 0. The van der Waals surface area contributed by atoms with Gasteiger partial charge in [-0.05, 0) is 46.2 Å². The molecule has 2 aromatic heterocycles. The van der Waals surface area contributed by atoms with Gasteiger partial charge in [-0.15, -0.1) is 0 Å². The molecular formula is C37H25N3. The molecule has 7 rings (SSSR count). The van der Waals surface area contributed by atoms with Gasteiger partial charge in [0.25, 0.3) is 0 Å². The van der Waals surface area contributed by atoms with Crippen molar-refractivity contribution in [3.8, 4) is 56.3 Å². The van der Waals surface area contributed by atoms with Gasteiger partial charge in [0.2, 0.25) is 0 Å². The molecule has 7 aromatic rings. The van der Waals surface area contributed by atoms with Crippen LogP contribution >= 0.6 is 0 Å². The Kier molecular flexibility index (Phi) is 6.15. The Bertz CT molecular complexity index is 1870. The largest absolute Gasteiger partial charge is 0.256 e. The maximum Gasteiger partial charge on any atom is 0.160 e. The second-order valence-corrected chi connectivity index (χ2v) is 9.70. The van der Waals surface area contributed by atoms with E-state index in [0.717, 1.165) is 44.9 Å². The third-order valence-electron chi connectivity index (χ3n) is 7.16. The highest BCUT2D eigenvalue weighted by Crippen LogP contribution is 2.36. The minimum absolute atomic E-state index is 0.715. The van der Waals surface area contributed by atoms with E-state index in [1.807, 2.05) is 54.7 Å². The molecule has 0 aliphatic heterocycles. The van der Waals surface area contributed by atoms with Gasteiger partial charge in [-0.2, -0.15) is 0 Å². The molecule has 2 heterocycles. The van der Waals surface area contributed by atoms with Crippen molar-refractivity contribution >= 4 is 10.8 Å². The molecule has 0 aliphatic carbocycles. The molecular weight excluding hydrogens is 486 g/mol. The number of rotatable bonds is 5. The van der Waals surface area contributed by atoms with Crippen LogP contribution in [-0.4, -0.2) is 15.0 Å². The first-order chi connectivity index (χ1) is 19.8. The number of aromatic nitrogens is 3. The number of hydrogen-bond acceptors (Lipinski definition) is 3. The fourth-order valence-electron chi connectivity index (χ4n) is 5.21. The van der Waals surface area contributed by atoms with E-state index in [4.69, 9.17) is 9.97 Å². The fraction of sp³-hybridized carbons (Fsp3) is 0. The minimum Gasteiger partial charge on any atom is -0.256 e. The zero-order chi connectivity index (χ0) is 26.7. The van der Waals surface area contributed by atoms with Gasteiger partial charge >= 0.3 is 0 Å². The summed E-state index contributed by atoms with van der Waals surface area (Å²) in [5.74, 6) is 0.715. The maximum atomic E-state index is 5.03. The standard InChI is InChI=1S/C37H25N3/c1-3-12-26(13-4-1)35-25-36(40-37(39-35)27-14-5-2-6-15-27)29-17-11-16-28(24-29)30-21-22-33(34-20-9-10-23-38-34)32-19-8-7-18-31(30)32/h1-25H. The first kappa shape index (κ1) is 23.7. The molecule has 0 saturated carbocycles. The molecule has 0 radical (unpaired) electrons. The van der Waals surface area contributed by atoms with Crippen LogP contribution in [0.15, 0.2) is 152 Å². The molecule has 5 aromatic carbocycles. The molecule has 0 saturated heterocycles. The van der Waals surface area contributed by atoms with Crippen LogP contribution in [0.25, 0.3) is 67.1 Å². The summed E-state index contributed by atoms with van der Waals surface area (Å²) < 4.78 is 0. The van der Waals surface area contributed by atoms with Crippen LogP contribution in [0.4, 0.5) is 0 Å². The van der Waals surface area contributed by atoms with Crippen LogP contribution in [0.1, 0.15) is 0 Å². The van der Waals surface area contributed by atoms with E-state index >= 15 is 0 Å². The Balaban J connectivity index is 1.37. The van der Waals surface area contributed by atoms with Gasteiger partial charge in [-0.3, -0.25) is 4.98 Å². The summed E-state index contributed by atoms with van der Waals surface area (Å²) >= 11 is 0. The number of fused-ring (bicyclic) bond motifs is 1. The summed E-state index contributed by atoms with van der Waals surface area (Å²) in [4.78, 5) is 14.6. The number of benzene rings is 5. The van der Waals surface area contributed by atoms with Gasteiger partial charge in [0.15, 0.2) is 5.82 Å². The lowest BCUT2D eigenvalue weighted by molar-refractivity contribution is 1.18. The van der Waals surface area contributed by atoms with Crippen LogP contribution in [0.2, 0.25) is 0 Å². The van der Waals surface area contributed by atoms with Crippen LogP contribution in [0.3, 0.4) is 0 Å². The zero-order valence-electron chi connectivity index (χ0n) is 21.8. The van der Waals surface area contributed by atoms with Crippen LogP contribution in [0, 0.1) is 0 Å². The molecule has 0 spiro atoms. The van der Waals surface area contributed by atoms with Gasteiger partial charge in [0.1, 0.15) is 0 Å². The van der Waals surface area contributed by atoms with Crippen molar-refractivity contribution in [3.05, 3.63) is 152 Å². The second kappa shape index (κ2) is 10.4. The molecule has 3 nitrogen and oxygen atoms in total. The molecule has 0 fully saturated rings. The normalized spacial score (nSPS) is 11.0. The molecule has 0 bridgehead atoms. The summed E-state index contributed by atoms with van der Waals surface area (Å²) in [7, 11) is 0. The lowest BCUT2D eigenvalue weighted by Crippen LogP contribution is -1.96. The summed E-state index contributed by atoms with van der Waals surface area (Å²) in [5, 5.41) is 2.38. The summed E-state index contributed by atoms with van der Waals surface area (Å²) in [6.45, 7) is 0. The molecule has 0 N–H and O–H groups in total. The SMILES string of the molecule is c1ccc(-c2cc(-c3cccc(-c4ccc(-c5ccccn5)c5ccccc45)c3)nc(-c3ccccc3)n2)cc1. The molecule has 188 valence electrons. The van der Waals surface area contributed by atoms with Gasteiger partial charge < -0.3 is 0 Å². The predicted molar refractivity (Wildman–Crippen MR) is 165 cm³/mol. The Morgan fingerprint density at radius 2 is 0.925 bits per heavy atom. The predicted octanol–water partition coefficient (Wildman–Crippen LogP) is 9.36. The average Bonchev–Trinajstić information content (AvgIpc) is 3.05. The third kappa shape index (κ3) is 4.55. The van der Waals surface area contributed by atoms with Gasteiger partial charge in [0.05, 0.1) is 17.1 Å². The minimum atomic E-state index is 0.715. The number of pyridine rings is 1. The molecule has 0 unspecified atom stereocenters. The Morgan fingerprint density at radius 1 is 0.350 bits per heavy atom. The van der Waals surface area contributed by atoms with Crippen molar-refractivity contribution in [1.82, 2.24) is 15.0 Å². The Labute approximate surface area is 233 Å². The highest BCUT2D eigenvalue weighted by atomic mass is 14.9. The highest BCUT2D eigenvalue weighted by Gasteiger charge is 2.13. The quantitative estimate of drug-likeness (QED) is 0.231. The summed E-state index contributed by atoms with van der Waals surface area (Å²) in [6.07, 6.45) is 1.84. The monoisotopic (exact) mass is 511 g/mol. The third-order valence-corrected chi connectivity index (χ3v) is 7.16. The second-order valence-electron chi connectivity index (χ2n) is 9.70. The van der Waals surface area contributed by atoms with Crippen molar-refractivity contribution in [2.24, 2.45) is 0 Å². The van der Waals surface area contributed by atoms with E-state index in [1.54, 1.807) is 0 Å². The van der Waals surface area contributed by atoms with Crippen molar-refractivity contribution in [3.63, 3.8) is 0 Å². The summed E-state index contributed by atoms with van der Waals surface area (Å²) in [5.41, 5.74) is 9.33. The first-order valence-electron chi connectivity index (χ1n) is 13.4. The first-order valence-corrected chi connectivity index (χ1v) is 13.4. The van der Waals surface area contributed by atoms with Crippen molar-refractivity contribution < 1.29 is 0 Å². The Hall–Kier alpha value is -5.41. The van der Waals surface area contributed by atoms with Crippen molar-refractivity contribution in [1.29, 1.82) is 0 Å². The molecule has 3 heteroatoms. The molecule has 40 heavy (non-hydrogen) atoms. The van der Waals surface area contributed by atoms with E-state index in [2.05, 4.69) is 102 Å². The van der Waals surface area contributed by atoms with Gasteiger partial charge in [-0.1, -0.05) is 121 Å². The van der Waals surface area contributed by atoms with Crippen LogP contribution < -0.4 is 0 Å². The van der Waals surface area contributed by atoms with Crippen molar-refractivity contribution in [2.45, 2.75) is 0 Å². The van der Waals surface area contributed by atoms with E-state index in [0.29, 0.717) is 5.82 Å². The van der Waals surface area contributed by atoms with Gasteiger partial charge in [0, 0.05) is 28.5 Å². The summed E-state index contributed by atoms with van der Waals surface area (Å²) in [6, 6.07) is 50.2. The molecule has 0 aliphatic rings. The molecule has 0 amide bonds. The smallest absolute Gasteiger partial charge is 0.160 e. The average molecular weight is 512 g/mol. The highest BCUT2D eigenvalue weighted by molar-refractivity contribution is 6.04. The Morgan fingerprint density at radius 3 is 1.65 bits per heavy atom. The van der Waals surface area contributed by atoms with Gasteiger partial charge in [-0.25, -0.2) is 9.97 Å². The fourth-order valence-corrected chi connectivity index (χ4v) is 5.21. The number of nitrogens with zero attached hydrogens (tertiary/aromatic N) is 3. The van der Waals surface area contributed by atoms with E-state index in [-0.39, 0.29) is 0 Å². The van der Waals surface area contributed by atoms with Crippen molar-refractivity contribution in [2.75, 3.05) is 0 Å². The lowest BCUT2D eigenvalue weighted by Gasteiger charge is -2.13. The lowest BCUT2D eigenvalue weighted by atomic mass is 9.92. The van der Waals surface area contributed by atoms with Crippen LogP contribution in [-0.2, 0) is 0 Å². The van der Waals surface area contributed by atoms with E-state index in [1.165, 1.54) is 16.3 Å². The van der Waals surface area contributed by atoms with Crippen LogP contribution in [0.5, 0.6) is 0 Å². The molecule has 0 atom stereocenters. The van der Waals surface area contributed by atoms with E-state index in [9.17, 15) is 0 Å². The zero-order valence-corrected chi connectivity index (χ0v) is 21.8. The van der Waals surface area contributed by atoms with E-state index < -0.39 is 0 Å².